The van der Waals surface area contributed by atoms with Crippen LogP contribution in [0, 0.1) is 0 Å². The zero-order chi connectivity index (χ0) is 11.7. The Bertz CT molecular complexity index is 306. The minimum Gasteiger partial charge on any atom is -0.480 e. The van der Waals surface area contributed by atoms with E-state index < -0.39 is 12.0 Å². The maximum atomic E-state index is 12.2. The number of likely N-dealkylation sites (tertiary alicyclic amines) is 2. The fourth-order valence-electron chi connectivity index (χ4n) is 2.63. The average Bonchev–Trinajstić information content (AvgIpc) is 2.84. The third-order valence-corrected chi connectivity index (χ3v) is 3.58. The first kappa shape index (κ1) is 11.2. The molecule has 16 heavy (non-hydrogen) atoms. The minimum atomic E-state index is -0.877. The van der Waals surface area contributed by atoms with Gasteiger partial charge in [0.25, 0.3) is 0 Å². The Morgan fingerprint density at radius 2 is 1.75 bits per heavy atom. The second-order valence-corrected chi connectivity index (χ2v) is 4.66. The third-order valence-electron chi connectivity index (χ3n) is 3.58. The van der Waals surface area contributed by atoms with Gasteiger partial charge >= 0.3 is 12.0 Å². The topological polar surface area (TPSA) is 60.9 Å². The maximum absolute atomic E-state index is 12.2. The second kappa shape index (κ2) is 4.31. The van der Waals surface area contributed by atoms with E-state index in [2.05, 4.69) is 0 Å². The van der Waals surface area contributed by atoms with Crippen LogP contribution in [0.15, 0.2) is 0 Å². The van der Waals surface area contributed by atoms with E-state index >= 15 is 0 Å². The molecule has 5 heteroatoms. The van der Waals surface area contributed by atoms with Gasteiger partial charge in [0.15, 0.2) is 0 Å². The van der Waals surface area contributed by atoms with Crippen LogP contribution >= 0.6 is 0 Å². The van der Waals surface area contributed by atoms with Crippen molar-refractivity contribution < 1.29 is 14.7 Å². The normalized spacial score (nSPS) is 29.8. The summed E-state index contributed by atoms with van der Waals surface area (Å²) >= 11 is 0. The molecule has 0 aromatic heterocycles. The third kappa shape index (κ3) is 1.86. The molecule has 2 heterocycles. The number of urea groups is 1. The summed E-state index contributed by atoms with van der Waals surface area (Å²) < 4.78 is 0. The highest BCUT2D eigenvalue weighted by atomic mass is 16.4. The van der Waals surface area contributed by atoms with E-state index in [0.29, 0.717) is 13.0 Å². The summed E-state index contributed by atoms with van der Waals surface area (Å²) in [7, 11) is 0. The first-order valence-corrected chi connectivity index (χ1v) is 5.91. The van der Waals surface area contributed by atoms with E-state index in [1.54, 1.807) is 4.90 Å². The summed E-state index contributed by atoms with van der Waals surface area (Å²) in [5.74, 6) is -0.877. The summed E-state index contributed by atoms with van der Waals surface area (Å²) in [4.78, 5) is 26.5. The lowest BCUT2D eigenvalue weighted by molar-refractivity contribution is -0.141. The molecule has 2 unspecified atom stereocenters. The molecule has 0 saturated carbocycles. The SMILES string of the molecule is CC1CCCN1C(=O)N1CCCC1C(=O)O. The molecule has 2 rings (SSSR count). The van der Waals surface area contributed by atoms with Crippen molar-refractivity contribution in [2.75, 3.05) is 13.1 Å². The molecule has 2 aliphatic rings. The average molecular weight is 226 g/mol. The van der Waals surface area contributed by atoms with Gasteiger partial charge in [-0.25, -0.2) is 9.59 Å². The fourth-order valence-corrected chi connectivity index (χ4v) is 2.63. The van der Waals surface area contributed by atoms with Crippen molar-refractivity contribution in [3.05, 3.63) is 0 Å². The van der Waals surface area contributed by atoms with Crippen LogP contribution in [0.1, 0.15) is 32.6 Å². The highest BCUT2D eigenvalue weighted by molar-refractivity contribution is 5.83. The number of rotatable bonds is 1. The fraction of sp³-hybridized carbons (Fsp3) is 0.818. The van der Waals surface area contributed by atoms with Gasteiger partial charge in [0, 0.05) is 19.1 Å². The molecule has 0 spiro atoms. The lowest BCUT2D eigenvalue weighted by atomic mass is 10.2. The second-order valence-electron chi connectivity index (χ2n) is 4.66. The number of carbonyl (C=O) groups excluding carboxylic acids is 1. The van der Waals surface area contributed by atoms with E-state index in [4.69, 9.17) is 5.11 Å². The Labute approximate surface area is 95.0 Å². The molecule has 1 N–H and O–H groups in total. The van der Waals surface area contributed by atoms with Gasteiger partial charge in [-0.2, -0.15) is 0 Å². The van der Waals surface area contributed by atoms with Gasteiger partial charge < -0.3 is 14.9 Å². The van der Waals surface area contributed by atoms with Crippen molar-refractivity contribution in [2.45, 2.75) is 44.7 Å². The van der Waals surface area contributed by atoms with Crippen molar-refractivity contribution >= 4 is 12.0 Å². The lowest BCUT2D eigenvalue weighted by Crippen LogP contribution is -2.48. The zero-order valence-corrected chi connectivity index (χ0v) is 9.56. The minimum absolute atomic E-state index is 0.0881. The van der Waals surface area contributed by atoms with E-state index in [9.17, 15) is 9.59 Å². The van der Waals surface area contributed by atoms with Crippen LogP contribution in [0.25, 0.3) is 0 Å². The number of hydrogen-bond acceptors (Lipinski definition) is 2. The molecule has 5 nitrogen and oxygen atoms in total. The molecule has 2 saturated heterocycles. The summed E-state index contributed by atoms with van der Waals surface area (Å²) in [6.07, 6.45) is 3.43. The number of aliphatic carboxylic acids is 1. The molecule has 0 aliphatic carbocycles. The number of hydrogen-bond donors (Lipinski definition) is 1. The summed E-state index contributed by atoms with van der Waals surface area (Å²) in [6, 6.07) is -0.447. The number of carbonyl (C=O) groups is 2. The Morgan fingerprint density at radius 3 is 2.31 bits per heavy atom. The molecule has 90 valence electrons. The Kier molecular flexibility index (Phi) is 3.03. The van der Waals surface area contributed by atoms with Crippen LogP contribution in [0.4, 0.5) is 4.79 Å². The van der Waals surface area contributed by atoms with Crippen LogP contribution in [-0.4, -0.2) is 52.1 Å². The largest absolute Gasteiger partial charge is 0.480 e. The molecular formula is C11H18N2O3. The van der Waals surface area contributed by atoms with Crippen LogP contribution in [0.3, 0.4) is 0 Å². The molecule has 0 aromatic rings. The molecule has 2 atom stereocenters. The first-order chi connectivity index (χ1) is 7.61. The Hall–Kier alpha value is -1.26. The molecule has 0 aromatic carbocycles. The monoisotopic (exact) mass is 226 g/mol. The molecule has 0 radical (unpaired) electrons. The predicted octanol–water partition coefficient (Wildman–Crippen LogP) is 1.14. The van der Waals surface area contributed by atoms with Crippen LogP contribution in [0.2, 0.25) is 0 Å². The van der Waals surface area contributed by atoms with Crippen LogP contribution in [-0.2, 0) is 4.79 Å². The van der Waals surface area contributed by atoms with Crippen molar-refractivity contribution in [1.29, 1.82) is 0 Å². The standard InChI is InChI=1S/C11H18N2O3/c1-8-4-2-6-12(8)11(16)13-7-3-5-9(13)10(14)15/h8-9H,2-7H2,1H3,(H,14,15). The van der Waals surface area contributed by atoms with Crippen LogP contribution < -0.4 is 0 Å². The highest BCUT2D eigenvalue weighted by Gasteiger charge is 2.38. The van der Waals surface area contributed by atoms with Gasteiger partial charge in [0.05, 0.1) is 0 Å². The van der Waals surface area contributed by atoms with Gasteiger partial charge in [-0.15, -0.1) is 0 Å². The van der Waals surface area contributed by atoms with Crippen LogP contribution in [0.5, 0.6) is 0 Å². The van der Waals surface area contributed by atoms with E-state index in [1.165, 1.54) is 4.90 Å². The van der Waals surface area contributed by atoms with Gasteiger partial charge in [0.2, 0.25) is 0 Å². The molecular weight excluding hydrogens is 208 g/mol. The number of carboxylic acids is 1. The van der Waals surface area contributed by atoms with E-state index in [-0.39, 0.29) is 12.1 Å². The van der Waals surface area contributed by atoms with Crippen molar-refractivity contribution in [2.24, 2.45) is 0 Å². The Morgan fingerprint density at radius 1 is 1.12 bits per heavy atom. The van der Waals surface area contributed by atoms with Crippen molar-refractivity contribution in [1.82, 2.24) is 9.80 Å². The lowest BCUT2D eigenvalue weighted by Gasteiger charge is -2.30. The smallest absolute Gasteiger partial charge is 0.326 e. The number of carboxylic acid groups (broad SMARTS) is 1. The molecule has 2 aliphatic heterocycles. The summed E-state index contributed by atoms with van der Waals surface area (Å²) in [5.41, 5.74) is 0. The van der Waals surface area contributed by atoms with Crippen molar-refractivity contribution in [3.8, 4) is 0 Å². The molecule has 2 fully saturated rings. The first-order valence-electron chi connectivity index (χ1n) is 5.91. The maximum Gasteiger partial charge on any atom is 0.326 e. The summed E-state index contributed by atoms with van der Waals surface area (Å²) in [5, 5.41) is 9.03. The van der Waals surface area contributed by atoms with E-state index in [0.717, 1.165) is 25.8 Å². The quantitative estimate of drug-likeness (QED) is 0.729. The van der Waals surface area contributed by atoms with E-state index in [1.807, 2.05) is 6.92 Å². The number of amides is 2. The van der Waals surface area contributed by atoms with Gasteiger partial charge in [-0.1, -0.05) is 0 Å². The van der Waals surface area contributed by atoms with Gasteiger partial charge in [-0.3, -0.25) is 0 Å². The number of nitrogens with zero attached hydrogens (tertiary/aromatic N) is 2. The molecule has 0 bridgehead atoms. The summed E-state index contributed by atoms with van der Waals surface area (Å²) in [6.45, 7) is 3.37. The van der Waals surface area contributed by atoms with Gasteiger partial charge in [-0.05, 0) is 32.6 Å². The van der Waals surface area contributed by atoms with Crippen molar-refractivity contribution in [3.63, 3.8) is 0 Å². The van der Waals surface area contributed by atoms with Gasteiger partial charge in [0.1, 0.15) is 6.04 Å². The molecule has 2 amide bonds. The predicted molar refractivity (Wildman–Crippen MR) is 58.2 cm³/mol. The highest BCUT2D eigenvalue weighted by Crippen LogP contribution is 2.24. The zero-order valence-electron chi connectivity index (χ0n) is 9.56. The Balaban J connectivity index is 2.06.